The van der Waals surface area contributed by atoms with Crippen LogP contribution in [0, 0.1) is 0 Å². The molecule has 0 bridgehead atoms. The van der Waals surface area contributed by atoms with Gasteiger partial charge in [0.05, 0.1) is 48.8 Å². The molecule has 10 nitrogen and oxygen atoms in total. The van der Waals surface area contributed by atoms with E-state index in [-0.39, 0.29) is 35.0 Å². The lowest BCUT2D eigenvalue weighted by atomic mass is 10.2. The van der Waals surface area contributed by atoms with Gasteiger partial charge in [-0.1, -0.05) is 61.0 Å². The number of hydrogen-bond donors (Lipinski definition) is 1. The van der Waals surface area contributed by atoms with Crippen LogP contribution in [0.25, 0.3) is 5.69 Å². The third-order valence-electron chi connectivity index (χ3n) is 5.82. The summed E-state index contributed by atoms with van der Waals surface area (Å²) in [6.45, 7) is 2.68. The quantitative estimate of drug-likeness (QED) is 0.161. The molecule has 0 saturated carbocycles. The van der Waals surface area contributed by atoms with Gasteiger partial charge in [0.2, 0.25) is 5.82 Å². The van der Waals surface area contributed by atoms with E-state index >= 15 is 0 Å². The van der Waals surface area contributed by atoms with Crippen LogP contribution in [0.4, 0.5) is 0 Å². The molecule has 0 atom stereocenters. The third-order valence-corrected chi connectivity index (χ3v) is 6.40. The van der Waals surface area contributed by atoms with Crippen molar-refractivity contribution in [3.63, 3.8) is 0 Å². The van der Waals surface area contributed by atoms with Crippen molar-refractivity contribution < 1.29 is 28.8 Å². The minimum atomic E-state index is -0.385. The fourth-order valence-electron chi connectivity index (χ4n) is 3.71. The van der Waals surface area contributed by atoms with Crippen LogP contribution >= 0.6 is 23.2 Å². The lowest BCUT2D eigenvalue weighted by Crippen LogP contribution is -2.34. The van der Waals surface area contributed by atoms with Crippen molar-refractivity contribution in [2.24, 2.45) is 0 Å². The maximum Gasteiger partial charge on any atom is 0.293 e. The number of amides is 1. The molecule has 1 N–H and O–H groups in total. The van der Waals surface area contributed by atoms with E-state index in [4.69, 9.17) is 42.1 Å². The van der Waals surface area contributed by atoms with E-state index in [9.17, 15) is 9.90 Å². The van der Waals surface area contributed by atoms with Crippen LogP contribution in [0.2, 0.25) is 10.0 Å². The summed E-state index contributed by atoms with van der Waals surface area (Å²) < 4.78 is 23.3. The Labute approximate surface area is 255 Å². The van der Waals surface area contributed by atoms with Crippen LogP contribution < -0.4 is 4.74 Å². The summed E-state index contributed by atoms with van der Waals surface area (Å²) in [7, 11) is 1.61. The number of methoxy groups -OCH3 is 1. The largest absolute Gasteiger partial charge is 0.505 e. The van der Waals surface area contributed by atoms with Crippen LogP contribution in [0.3, 0.4) is 0 Å². The molecule has 0 fully saturated rings. The number of aromatic nitrogens is 3. The zero-order chi connectivity index (χ0) is 29.0. The van der Waals surface area contributed by atoms with Crippen molar-refractivity contribution in [2.45, 2.75) is 14.0 Å². The Balaban J connectivity index is 0.00000484. The molecule has 4 aromatic rings. The van der Waals surface area contributed by atoms with E-state index in [0.29, 0.717) is 57.6 Å². The lowest BCUT2D eigenvalue weighted by Gasteiger charge is -2.22. The number of phenols is 1. The number of ether oxygens (including phenoxy) is 4. The van der Waals surface area contributed by atoms with Crippen LogP contribution in [0.1, 0.15) is 23.6 Å². The first-order chi connectivity index (χ1) is 19.9. The fraction of sp³-hybridized carbons (Fsp3) is 0.300. The Morgan fingerprint density at radius 3 is 2.19 bits per heavy atom. The van der Waals surface area contributed by atoms with Crippen molar-refractivity contribution in [1.82, 2.24) is 19.7 Å². The summed E-state index contributed by atoms with van der Waals surface area (Å²) in [5.41, 5.74) is 1.33. The second-order valence-corrected chi connectivity index (χ2v) is 9.59. The standard InChI is InChI=1S/C29H30Cl2N4O6.CH4/c1-38-13-14-40-16-15-39-12-11-34(19-21-7-9-24(10-8-21)41-23-5-3-2-4-6-23)29(37)28-32-20-35(33-28)22-17-25(30)27(36)26(31)18-22;/h2-10,17-18,20,36H,11-16,19H2,1H3;1H4. The summed E-state index contributed by atoms with van der Waals surface area (Å²) in [5, 5.41) is 14.3. The van der Waals surface area contributed by atoms with E-state index in [0.717, 1.165) is 11.3 Å². The minimum Gasteiger partial charge on any atom is -0.505 e. The highest BCUT2D eigenvalue weighted by Gasteiger charge is 2.21. The molecule has 224 valence electrons. The van der Waals surface area contributed by atoms with Gasteiger partial charge in [-0.05, 0) is 42.0 Å². The SMILES string of the molecule is C.COCCOCCOCCN(Cc1ccc(Oc2ccccc2)cc1)C(=O)c1ncn(-c2cc(Cl)c(O)c(Cl)c2)n1. The Morgan fingerprint density at radius 2 is 1.52 bits per heavy atom. The molecule has 1 amide bonds. The van der Waals surface area contributed by atoms with Gasteiger partial charge >= 0.3 is 0 Å². The number of hydrogen-bond acceptors (Lipinski definition) is 8. The van der Waals surface area contributed by atoms with Gasteiger partial charge in [-0.25, -0.2) is 9.67 Å². The average Bonchev–Trinajstić information content (AvgIpc) is 3.48. The van der Waals surface area contributed by atoms with Crippen LogP contribution in [-0.4, -0.2) is 77.4 Å². The topological polar surface area (TPSA) is 108 Å². The first-order valence-corrected chi connectivity index (χ1v) is 13.6. The van der Waals surface area contributed by atoms with E-state index in [1.54, 1.807) is 12.0 Å². The van der Waals surface area contributed by atoms with Crippen LogP contribution in [-0.2, 0) is 20.8 Å². The Bertz CT molecular complexity index is 1380. The molecular formula is C30H34Cl2N4O6. The molecule has 0 aliphatic carbocycles. The van der Waals surface area contributed by atoms with Gasteiger partial charge in [-0.15, -0.1) is 5.10 Å². The minimum absolute atomic E-state index is 0. The van der Waals surface area contributed by atoms with Crippen molar-refractivity contribution >= 4 is 29.1 Å². The Morgan fingerprint density at radius 1 is 0.905 bits per heavy atom. The highest BCUT2D eigenvalue weighted by atomic mass is 35.5. The van der Waals surface area contributed by atoms with Gasteiger partial charge in [0.15, 0.2) is 5.75 Å². The van der Waals surface area contributed by atoms with E-state index in [2.05, 4.69) is 10.1 Å². The molecule has 3 aromatic carbocycles. The van der Waals surface area contributed by atoms with Crippen LogP contribution in [0.5, 0.6) is 17.2 Å². The van der Waals surface area contributed by atoms with Gasteiger partial charge in [-0.2, -0.15) is 0 Å². The zero-order valence-electron chi connectivity index (χ0n) is 22.4. The second kappa shape index (κ2) is 16.7. The van der Waals surface area contributed by atoms with Gasteiger partial charge in [-0.3, -0.25) is 4.79 Å². The van der Waals surface area contributed by atoms with Gasteiger partial charge in [0.1, 0.15) is 17.8 Å². The van der Waals surface area contributed by atoms with Gasteiger partial charge in [0, 0.05) is 20.2 Å². The molecule has 1 aromatic heterocycles. The fourth-order valence-corrected chi connectivity index (χ4v) is 4.19. The molecule has 42 heavy (non-hydrogen) atoms. The summed E-state index contributed by atoms with van der Waals surface area (Å²) in [4.78, 5) is 19.3. The first kappa shape index (κ1) is 32.8. The maximum absolute atomic E-state index is 13.5. The molecule has 4 rings (SSSR count). The van der Waals surface area contributed by atoms with E-state index in [1.807, 2.05) is 54.6 Å². The predicted molar refractivity (Wildman–Crippen MR) is 161 cm³/mol. The monoisotopic (exact) mass is 616 g/mol. The van der Waals surface area contributed by atoms with E-state index < -0.39 is 0 Å². The predicted octanol–water partition coefficient (Wildman–Crippen LogP) is 6.03. The van der Waals surface area contributed by atoms with Gasteiger partial charge < -0.3 is 29.0 Å². The molecule has 0 aliphatic rings. The number of rotatable bonds is 15. The smallest absolute Gasteiger partial charge is 0.293 e. The normalized spacial score (nSPS) is 10.7. The number of halogens is 2. The second-order valence-electron chi connectivity index (χ2n) is 8.77. The average molecular weight is 618 g/mol. The zero-order valence-corrected chi connectivity index (χ0v) is 23.9. The number of aromatic hydroxyl groups is 1. The molecule has 12 heteroatoms. The Kier molecular flexibility index (Phi) is 13.1. The number of carbonyl (C=O) groups excluding carboxylic acids is 1. The molecule has 0 saturated heterocycles. The summed E-state index contributed by atoms with van der Waals surface area (Å²) in [6, 6.07) is 19.9. The third kappa shape index (κ3) is 9.43. The van der Waals surface area contributed by atoms with Crippen molar-refractivity contribution in [2.75, 3.05) is 46.7 Å². The van der Waals surface area contributed by atoms with Crippen LogP contribution in [0.15, 0.2) is 73.1 Å². The van der Waals surface area contributed by atoms with Gasteiger partial charge in [0.25, 0.3) is 5.91 Å². The number of benzene rings is 3. The molecule has 0 radical (unpaired) electrons. The molecule has 1 heterocycles. The van der Waals surface area contributed by atoms with Crippen molar-refractivity contribution in [3.8, 4) is 22.9 Å². The van der Waals surface area contributed by atoms with Crippen molar-refractivity contribution in [3.05, 3.63) is 94.5 Å². The van der Waals surface area contributed by atoms with E-state index in [1.165, 1.54) is 23.1 Å². The molecule has 0 unspecified atom stereocenters. The highest BCUT2D eigenvalue weighted by Crippen LogP contribution is 2.33. The molecular weight excluding hydrogens is 583 g/mol. The summed E-state index contributed by atoms with van der Waals surface area (Å²) in [6.07, 6.45) is 1.38. The number of para-hydroxylation sites is 1. The number of carbonyl (C=O) groups is 1. The Hall–Kier alpha value is -3.67. The van der Waals surface area contributed by atoms with Crippen molar-refractivity contribution in [1.29, 1.82) is 0 Å². The molecule has 0 aliphatic heterocycles. The lowest BCUT2D eigenvalue weighted by molar-refractivity contribution is 0.0186. The highest BCUT2D eigenvalue weighted by molar-refractivity contribution is 6.37. The first-order valence-electron chi connectivity index (χ1n) is 12.8. The number of phenolic OH excluding ortho intramolecular Hbond substituents is 1. The maximum atomic E-state index is 13.5. The summed E-state index contributed by atoms with van der Waals surface area (Å²) in [5.74, 6) is 0.782. The summed E-state index contributed by atoms with van der Waals surface area (Å²) >= 11 is 12.1. The molecule has 0 spiro atoms. The number of nitrogens with zero attached hydrogens (tertiary/aromatic N) is 4.